The van der Waals surface area contributed by atoms with Crippen LogP contribution in [0.25, 0.3) is 0 Å². The Morgan fingerprint density at radius 2 is 2.00 bits per heavy atom. The van der Waals surface area contributed by atoms with Gasteiger partial charge in [0.25, 0.3) is 0 Å². The molecule has 0 fully saturated rings. The number of primary sulfonamides is 1. The number of rotatable bonds is 4. The van der Waals surface area contributed by atoms with Crippen LogP contribution in [0.3, 0.4) is 0 Å². The van der Waals surface area contributed by atoms with Gasteiger partial charge in [-0.15, -0.1) is 0 Å². The van der Waals surface area contributed by atoms with E-state index in [-0.39, 0.29) is 27.3 Å². The van der Waals surface area contributed by atoms with E-state index in [1.54, 1.807) is 6.92 Å². The van der Waals surface area contributed by atoms with Crippen molar-refractivity contribution in [3.63, 3.8) is 0 Å². The van der Waals surface area contributed by atoms with Crippen LogP contribution in [0.5, 0.6) is 5.75 Å². The van der Waals surface area contributed by atoms with Crippen LogP contribution in [0.1, 0.15) is 6.92 Å². The van der Waals surface area contributed by atoms with Crippen molar-refractivity contribution in [2.75, 3.05) is 6.61 Å². The highest BCUT2D eigenvalue weighted by molar-refractivity contribution is 7.89. The molecule has 0 saturated carbocycles. The molecule has 18 heavy (non-hydrogen) atoms. The lowest BCUT2D eigenvalue weighted by atomic mass is 10.3. The predicted molar refractivity (Wildman–Crippen MR) is 72.9 cm³/mol. The predicted octanol–water partition coefficient (Wildman–Crippen LogP) is 3.16. The molecule has 0 amide bonds. The molecule has 0 radical (unpaired) electrons. The number of sulfonamides is 1. The molecule has 2 N–H and O–H groups in total. The molecule has 0 heterocycles. The summed E-state index contributed by atoms with van der Waals surface area (Å²) in [7, 11) is -3.91. The van der Waals surface area contributed by atoms with E-state index in [0.29, 0.717) is 0 Å². The fourth-order valence-corrected chi connectivity index (χ4v) is 2.50. The van der Waals surface area contributed by atoms with Crippen LogP contribution in [0.15, 0.2) is 28.1 Å². The Kier molecular flexibility index (Phi) is 5.31. The highest BCUT2D eigenvalue weighted by atomic mass is 35.5. The third kappa shape index (κ3) is 3.76. The fraction of sp³-hybridized carbons (Fsp3) is 0.200. The first-order valence-electron chi connectivity index (χ1n) is 4.67. The van der Waals surface area contributed by atoms with Gasteiger partial charge in [-0.2, -0.15) is 0 Å². The highest BCUT2D eigenvalue weighted by Crippen LogP contribution is 2.36. The van der Waals surface area contributed by atoms with E-state index in [1.807, 2.05) is 0 Å². The van der Waals surface area contributed by atoms with Crippen LogP contribution < -0.4 is 9.88 Å². The Balaban J connectivity index is 3.09. The summed E-state index contributed by atoms with van der Waals surface area (Å²) in [4.78, 5) is -0.244. The van der Waals surface area contributed by atoms with Crippen molar-refractivity contribution in [1.82, 2.24) is 0 Å². The van der Waals surface area contributed by atoms with Crippen molar-refractivity contribution in [2.45, 2.75) is 11.8 Å². The molecule has 1 aromatic carbocycles. The van der Waals surface area contributed by atoms with Gasteiger partial charge in [-0.1, -0.05) is 34.8 Å². The highest BCUT2D eigenvalue weighted by Gasteiger charge is 2.18. The Labute approximate surface area is 120 Å². The molecule has 1 rings (SSSR count). The van der Waals surface area contributed by atoms with Crippen LogP contribution >= 0.6 is 34.8 Å². The van der Waals surface area contributed by atoms with Gasteiger partial charge < -0.3 is 4.74 Å². The fourth-order valence-electron chi connectivity index (χ4n) is 1.07. The van der Waals surface area contributed by atoms with Crippen molar-refractivity contribution < 1.29 is 13.2 Å². The third-order valence-electron chi connectivity index (χ3n) is 1.96. The number of hydrogen-bond acceptors (Lipinski definition) is 3. The molecule has 0 spiro atoms. The first-order chi connectivity index (χ1) is 8.27. The summed E-state index contributed by atoms with van der Waals surface area (Å²) in [6, 6.07) is 2.62. The van der Waals surface area contributed by atoms with Gasteiger partial charge in [-0.3, -0.25) is 0 Å². The van der Waals surface area contributed by atoms with Crippen molar-refractivity contribution in [2.24, 2.45) is 5.14 Å². The standard InChI is InChI=1S/C10H10Cl3NO3S/c1-6(4-11)5-17-7-2-3-8(18(14,15)16)10(13)9(7)12/h2-4H,5H2,1H3,(H2,14,15,16)/b6-4-. The lowest BCUT2D eigenvalue weighted by molar-refractivity contribution is 0.352. The zero-order valence-electron chi connectivity index (χ0n) is 9.28. The maximum atomic E-state index is 11.2. The average Bonchev–Trinajstić information content (AvgIpc) is 2.28. The van der Waals surface area contributed by atoms with E-state index in [4.69, 9.17) is 44.7 Å². The van der Waals surface area contributed by atoms with Crippen molar-refractivity contribution >= 4 is 44.8 Å². The number of ether oxygens (including phenoxy) is 1. The summed E-state index contributed by atoms with van der Waals surface area (Å²) in [5, 5.41) is 4.81. The lowest BCUT2D eigenvalue weighted by Gasteiger charge is -2.11. The molecular weight excluding hydrogens is 321 g/mol. The van der Waals surface area contributed by atoms with Gasteiger partial charge in [0.1, 0.15) is 22.3 Å². The first kappa shape index (κ1) is 15.6. The summed E-state index contributed by atoms with van der Waals surface area (Å²) >= 11 is 17.2. The number of halogens is 3. The summed E-state index contributed by atoms with van der Waals surface area (Å²) in [5.74, 6) is 0.256. The van der Waals surface area contributed by atoms with E-state index in [9.17, 15) is 8.42 Å². The lowest BCUT2D eigenvalue weighted by Crippen LogP contribution is -2.13. The molecule has 0 saturated heterocycles. The van der Waals surface area contributed by atoms with Crippen molar-refractivity contribution in [1.29, 1.82) is 0 Å². The molecule has 8 heteroatoms. The molecule has 100 valence electrons. The quantitative estimate of drug-likeness (QED) is 0.922. The SMILES string of the molecule is C/C(=C/Cl)COc1ccc(S(N)(=O)=O)c(Cl)c1Cl. The minimum absolute atomic E-state index is 0.00874. The van der Waals surface area contributed by atoms with E-state index >= 15 is 0 Å². The van der Waals surface area contributed by atoms with Gasteiger partial charge in [0, 0.05) is 5.54 Å². The molecule has 0 aliphatic rings. The molecule has 0 atom stereocenters. The van der Waals surface area contributed by atoms with E-state index in [0.717, 1.165) is 5.57 Å². The van der Waals surface area contributed by atoms with Crippen molar-refractivity contribution in [3.8, 4) is 5.75 Å². The summed E-state index contributed by atoms with van der Waals surface area (Å²) < 4.78 is 27.7. The number of benzene rings is 1. The minimum Gasteiger partial charge on any atom is -0.488 e. The molecule has 0 aliphatic heterocycles. The molecule has 0 bridgehead atoms. The van der Waals surface area contributed by atoms with Gasteiger partial charge in [0.05, 0.1) is 5.02 Å². The molecule has 0 unspecified atom stereocenters. The van der Waals surface area contributed by atoms with Gasteiger partial charge >= 0.3 is 0 Å². The van der Waals surface area contributed by atoms with Crippen molar-refractivity contribution in [3.05, 3.63) is 33.3 Å². The smallest absolute Gasteiger partial charge is 0.239 e. The number of nitrogens with two attached hydrogens (primary N) is 1. The van der Waals surface area contributed by atoms with Crippen LogP contribution in [0.2, 0.25) is 10.0 Å². The van der Waals surface area contributed by atoms with Gasteiger partial charge in [0.2, 0.25) is 10.0 Å². The summed E-state index contributed by atoms with van der Waals surface area (Å²) in [6.07, 6.45) is 0. The second-order valence-electron chi connectivity index (χ2n) is 3.48. The average molecular weight is 331 g/mol. The second kappa shape index (κ2) is 6.12. The topological polar surface area (TPSA) is 69.4 Å². The van der Waals surface area contributed by atoms with E-state index in [2.05, 4.69) is 0 Å². The van der Waals surface area contributed by atoms with Crippen LogP contribution in [-0.2, 0) is 10.0 Å². The van der Waals surface area contributed by atoms with Crippen LogP contribution in [0.4, 0.5) is 0 Å². The molecular formula is C10H10Cl3NO3S. The third-order valence-corrected chi connectivity index (χ3v) is 4.26. The molecule has 0 aromatic heterocycles. The minimum atomic E-state index is -3.91. The maximum Gasteiger partial charge on any atom is 0.239 e. The normalized spacial score (nSPS) is 12.6. The Bertz CT molecular complexity index is 584. The Hall–Kier alpha value is -0.460. The van der Waals surface area contributed by atoms with Crippen LogP contribution in [-0.4, -0.2) is 15.0 Å². The van der Waals surface area contributed by atoms with E-state index < -0.39 is 10.0 Å². The van der Waals surface area contributed by atoms with Gasteiger partial charge in [-0.05, 0) is 24.6 Å². The van der Waals surface area contributed by atoms with Crippen LogP contribution in [0, 0.1) is 0 Å². The zero-order chi connectivity index (χ0) is 13.9. The Morgan fingerprint density at radius 1 is 1.39 bits per heavy atom. The Morgan fingerprint density at radius 3 is 2.50 bits per heavy atom. The number of hydrogen-bond donors (Lipinski definition) is 1. The molecule has 4 nitrogen and oxygen atoms in total. The monoisotopic (exact) mass is 329 g/mol. The molecule has 1 aromatic rings. The maximum absolute atomic E-state index is 11.2. The zero-order valence-corrected chi connectivity index (χ0v) is 12.4. The van der Waals surface area contributed by atoms with Gasteiger partial charge in [0.15, 0.2) is 0 Å². The first-order valence-corrected chi connectivity index (χ1v) is 7.40. The molecule has 0 aliphatic carbocycles. The second-order valence-corrected chi connectivity index (χ2v) is 5.98. The largest absolute Gasteiger partial charge is 0.488 e. The summed E-state index contributed by atoms with van der Waals surface area (Å²) in [6.45, 7) is 1.98. The van der Waals surface area contributed by atoms with E-state index in [1.165, 1.54) is 17.7 Å². The summed E-state index contributed by atoms with van der Waals surface area (Å²) in [5.41, 5.74) is 2.15. The van der Waals surface area contributed by atoms with Gasteiger partial charge in [-0.25, -0.2) is 13.6 Å².